The van der Waals surface area contributed by atoms with Crippen LogP contribution < -0.4 is 5.32 Å². The van der Waals surface area contributed by atoms with Crippen LogP contribution in [0.2, 0.25) is 5.02 Å². The summed E-state index contributed by atoms with van der Waals surface area (Å²) in [5, 5.41) is 4.31. The van der Waals surface area contributed by atoms with Gasteiger partial charge in [-0.25, -0.2) is 0 Å². The Morgan fingerprint density at radius 3 is 2.76 bits per heavy atom. The van der Waals surface area contributed by atoms with Gasteiger partial charge in [0.1, 0.15) is 0 Å². The predicted octanol–water partition coefficient (Wildman–Crippen LogP) is 4.60. The summed E-state index contributed by atoms with van der Waals surface area (Å²) in [6.07, 6.45) is 3.80. The van der Waals surface area contributed by atoms with Crippen molar-refractivity contribution in [3.63, 3.8) is 0 Å². The summed E-state index contributed by atoms with van der Waals surface area (Å²) >= 11 is 7.96. The molecule has 0 aliphatic heterocycles. The lowest BCUT2D eigenvalue weighted by atomic mass is 10.1. The average Bonchev–Trinajstić information content (AvgIpc) is 2.31. The minimum Gasteiger partial charge on any atom is -0.315 e. The first-order valence-corrected chi connectivity index (χ1v) is 7.71. The van der Waals surface area contributed by atoms with Gasteiger partial charge in [-0.05, 0) is 44.2 Å². The van der Waals surface area contributed by atoms with Crippen LogP contribution in [-0.2, 0) is 0 Å². The number of benzene rings is 1. The van der Waals surface area contributed by atoms with Crippen LogP contribution in [0.5, 0.6) is 0 Å². The summed E-state index contributed by atoms with van der Waals surface area (Å²) in [6.45, 7) is 5.48. The molecule has 0 aliphatic rings. The Morgan fingerprint density at radius 1 is 1.29 bits per heavy atom. The minimum absolute atomic E-state index is 0.644. The first kappa shape index (κ1) is 14.9. The van der Waals surface area contributed by atoms with Crippen LogP contribution in [0.25, 0.3) is 0 Å². The highest BCUT2D eigenvalue weighted by Crippen LogP contribution is 2.27. The second kappa shape index (κ2) is 8.84. The molecule has 1 nitrogen and oxygen atoms in total. The van der Waals surface area contributed by atoms with E-state index in [0.29, 0.717) is 6.04 Å². The normalized spacial score (nSPS) is 12.6. The maximum Gasteiger partial charge on any atom is 0.0541 e. The highest BCUT2D eigenvalue weighted by molar-refractivity contribution is 7.99. The van der Waals surface area contributed by atoms with Crippen molar-refractivity contribution >= 4 is 23.4 Å². The lowest BCUT2D eigenvalue weighted by Gasteiger charge is -2.11. The Labute approximate surface area is 114 Å². The lowest BCUT2D eigenvalue weighted by Crippen LogP contribution is -2.25. The molecule has 0 heterocycles. The van der Waals surface area contributed by atoms with E-state index in [9.17, 15) is 0 Å². The van der Waals surface area contributed by atoms with E-state index in [-0.39, 0.29) is 0 Å². The van der Waals surface area contributed by atoms with Crippen molar-refractivity contribution in [2.75, 3.05) is 12.3 Å². The molecule has 0 fully saturated rings. The molecule has 0 spiro atoms. The SMILES string of the molecule is CCNC(C)CCCCSc1ccccc1Cl. The zero-order chi connectivity index (χ0) is 12.5. The van der Waals surface area contributed by atoms with Gasteiger partial charge in [-0.1, -0.05) is 37.1 Å². The topological polar surface area (TPSA) is 12.0 Å². The van der Waals surface area contributed by atoms with Crippen molar-refractivity contribution in [1.82, 2.24) is 5.32 Å². The van der Waals surface area contributed by atoms with Crippen molar-refractivity contribution in [2.24, 2.45) is 0 Å². The smallest absolute Gasteiger partial charge is 0.0541 e. The fraction of sp³-hybridized carbons (Fsp3) is 0.571. The van der Waals surface area contributed by atoms with Gasteiger partial charge in [-0.3, -0.25) is 0 Å². The first-order chi connectivity index (χ1) is 8.24. The summed E-state index contributed by atoms with van der Waals surface area (Å²) in [5.41, 5.74) is 0. The van der Waals surface area contributed by atoms with Crippen molar-refractivity contribution in [3.8, 4) is 0 Å². The van der Waals surface area contributed by atoms with Crippen LogP contribution in [0, 0.1) is 0 Å². The Bertz CT molecular complexity index is 317. The Balaban J connectivity index is 2.10. The van der Waals surface area contributed by atoms with E-state index in [1.165, 1.54) is 24.2 Å². The largest absolute Gasteiger partial charge is 0.315 e. The van der Waals surface area contributed by atoms with E-state index in [1.54, 1.807) is 0 Å². The number of hydrogen-bond donors (Lipinski definition) is 1. The molecule has 0 saturated heterocycles. The van der Waals surface area contributed by atoms with E-state index in [0.717, 1.165) is 17.3 Å². The molecule has 0 aliphatic carbocycles. The number of nitrogens with one attached hydrogen (secondary N) is 1. The molecule has 3 heteroatoms. The van der Waals surface area contributed by atoms with Gasteiger partial charge in [0.05, 0.1) is 5.02 Å². The van der Waals surface area contributed by atoms with Gasteiger partial charge >= 0.3 is 0 Å². The van der Waals surface area contributed by atoms with Crippen molar-refractivity contribution < 1.29 is 0 Å². The van der Waals surface area contributed by atoms with Gasteiger partial charge in [0.25, 0.3) is 0 Å². The van der Waals surface area contributed by atoms with Crippen LogP contribution in [-0.4, -0.2) is 18.3 Å². The molecule has 96 valence electrons. The Morgan fingerprint density at radius 2 is 2.06 bits per heavy atom. The monoisotopic (exact) mass is 271 g/mol. The lowest BCUT2D eigenvalue weighted by molar-refractivity contribution is 0.510. The fourth-order valence-electron chi connectivity index (χ4n) is 1.75. The van der Waals surface area contributed by atoms with Crippen molar-refractivity contribution in [3.05, 3.63) is 29.3 Å². The Hall–Kier alpha value is -0.180. The first-order valence-electron chi connectivity index (χ1n) is 6.34. The number of unbranched alkanes of at least 4 members (excludes halogenated alkanes) is 1. The molecule has 1 aromatic rings. The molecule has 0 saturated carbocycles. The second-order valence-corrected chi connectivity index (χ2v) is 5.78. The maximum absolute atomic E-state index is 6.10. The van der Waals surface area contributed by atoms with Crippen molar-refractivity contribution in [1.29, 1.82) is 0 Å². The van der Waals surface area contributed by atoms with Crippen LogP contribution in [0.4, 0.5) is 0 Å². The molecule has 0 amide bonds. The molecule has 1 rings (SSSR count). The number of hydrogen-bond acceptors (Lipinski definition) is 2. The van der Waals surface area contributed by atoms with Gasteiger partial charge in [0.2, 0.25) is 0 Å². The van der Waals surface area contributed by atoms with Gasteiger partial charge in [0, 0.05) is 10.9 Å². The zero-order valence-corrected chi connectivity index (χ0v) is 12.3. The van der Waals surface area contributed by atoms with Gasteiger partial charge < -0.3 is 5.32 Å². The summed E-state index contributed by atoms with van der Waals surface area (Å²) < 4.78 is 0. The minimum atomic E-state index is 0.644. The third-order valence-electron chi connectivity index (χ3n) is 2.68. The van der Waals surface area contributed by atoms with E-state index >= 15 is 0 Å². The predicted molar refractivity (Wildman–Crippen MR) is 79.2 cm³/mol. The van der Waals surface area contributed by atoms with Crippen LogP contribution in [0.3, 0.4) is 0 Å². The molecular weight excluding hydrogens is 250 g/mol. The number of rotatable bonds is 8. The molecule has 0 aromatic heterocycles. The summed E-state index contributed by atoms with van der Waals surface area (Å²) in [6, 6.07) is 8.71. The molecule has 1 N–H and O–H groups in total. The second-order valence-electron chi connectivity index (χ2n) is 4.23. The molecular formula is C14H22ClNS. The standard InChI is InChI=1S/C14H22ClNS/c1-3-16-12(2)8-6-7-11-17-14-10-5-4-9-13(14)15/h4-5,9-10,12,16H,3,6-8,11H2,1-2H3. The molecule has 1 aromatic carbocycles. The molecule has 0 bridgehead atoms. The van der Waals surface area contributed by atoms with E-state index in [1.807, 2.05) is 30.0 Å². The van der Waals surface area contributed by atoms with Crippen LogP contribution in [0.15, 0.2) is 29.2 Å². The summed E-state index contributed by atoms with van der Waals surface area (Å²) in [4.78, 5) is 1.20. The number of thioether (sulfide) groups is 1. The molecule has 17 heavy (non-hydrogen) atoms. The average molecular weight is 272 g/mol. The maximum atomic E-state index is 6.10. The van der Waals surface area contributed by atoms with E-state index in [4.69, 9.17) is 11.6 Å². The summed E-state index contributed by atoms with van der Waals surface area (Å²) in [5.74, 6) is 1.16. The highest BCUT2D eigenvalue weighted by atomic mass is 35.5. The summed E-state index contributed by atoms with van der Waals surface area (Å²) in [7, 11) is 0. The van der Waals surface area contributed by atoms with E-state index < -0.39 is 0 Å². The molecule has 0 radical (unpaired) electrons. The molecule has 1 unspecified atom stereocenters. The van der Waals surface area contributed by atoms with Gasteiger partial charge in [0.15, 0.2) is 0 Å². The quantitative estimate of drug-likeness (QED) is 0.548. The number of halogens is 1. The zero-order valence-electron chi connectivity index (χ0n) is 10.7. The van der Waals surface area contributed by atoms with Crippen molar-refractivity contribution in [2.45, 2.75) is 44.0 Å². The van der Waals surface area contributed by atoms with Gasteiger partial charge in [-0.2, -0.15) is 0 Å². The fourth-order valence-corrected chi connectivity index (χ4v) is 3.00. The van der Waals surface area contributed by atoms with Gasteiger partial charge in [-0.15, -0.1) is 11.8 Å². The van der Waals surface area contributed by atoms with Crippen LogP contribution in [0.1, 0.15) is 33.1 Å². The Kier molecular flexibility index (Phi) is 7.74. The van der Waals surface area contributed by atoms with Crippen LogP contribution >= 0.6 is 23.4 Å². The highest BCUT2D eigenvalue weighted by Gasteiger charge is 2.01. The van der Waals surface area contributed by atoms with E-state index in [2.05, 4.69) is 25.2 Å². The third-order valence-corrected chi connectivity index (χ3v) is 4.28. The third kappa shape index (κ3) is 6.35. The molecule has 1 atom stereocenters.